The number of ether oxygens (including phenoxy) is 1. The van der Waals surface area contributed by atoms with Crippen LogP contribution in [0.15, 0.2) is 16.7 Å². The van der Waals surface area contributed by atoms with Crippen LogP contribution in [0.1, 0.15) is 19.3 Å². The third-order valence-corrected chi connectivity index (χ3v) is 4.27. The molecule has 1 N–H and O–H groups in total. The highest BCUT2D eigenvalue weighted by molar-refractivity contribution is 9.10. The zero-order valence-electron chi connectivity index (χ0n) is 9.70. The molecule has 6 heteroatoms. The number of rotatable bonds is 4. The lowest BCUT2D eigenvalue weighted by Crippen LogP contribution is -2.13. The highest BCUT2D eigenvalue weighted by atomic mass is 79.9. The molecule has 96 valence electrons. The van der Waals surface area contributed by atoms with Gasteiger partial charge in [-0.25, -0.2) is 4.98 Å². The van der Waals surface area contributed by atoms with E-state index in [1.807, 2.05) is 0 Å². The number of halogens is 2. The van der Waals surface area contributed by atoms with Gasteiger partial charge in [-0.3, -0.25) is 0 Å². The molecule has 18 heavy (non-hydrogen) atoms. The summed E-state index contributed by atoms with van der Waals surface area (Å²) in [6.45, 7) is 0.830. The smallest absolute Gasteiger partial charge is 0.286 e. The van der Waals surface area contributed by atoms with Gasteiger partial charge in [-0.05, 0) is 41.1 Å². The lowest BCUT2D eigenvalue weighted by Gasteiger charge is -2.12. The number of nitrogens with zero attached hydrogens (tertiary/aromatic N) is 2. The molecule has 1 heterocycles. The van der Waals surface area contributed by atoms with E-state index in [0.717, 1.165) is 36.1 Å². The van der Waals surface area contributed by atoms with Crippen LogP contribution in [-0.2, 0) is 4.74 Å². The molecule has 1 fully saturated rings. The van der Waals surface area contributed by atoms with Crippen LogP contribution in [0.2, 0.25) is 5.02 Å². The number of pyridine rings is 1. The first-order valence-electron chi connectivity index (χ1n) is 5.78. The lowest BCUT2D eigenvalue weighted by molar-refractivity contribution is 0.164. The van der Waals surface area contributed by atoms with Crippen LogP contribution in [0, 0.1) is 17.4 Å². The van der Waals surface area contributed by atoms with Gasteiger partial charge in [0.2, 0.25) is 0 Å². The predicted molar refractivity (Wildman–Crippen MR) is 73.3 cm³/mol. The average Bonchev–Trinajstić information content (AvgIpc) is 2.79. The molecule has 0 aliphatic heterocycles. The minimum Gasteiger partial charge on any atom is -0.424 e. The van der Waals surface area contributed by atoms with Crippen molar-refractivity contribution in [2.45, 2.75) is 25.4 Å². The second kappa shape index (κ2) is 6.26. The highest BCUT2D eigenvalue weighted by Crippen LogP contribution is 2.28. The minimum atomic E-state index is 0.0864. The molecule has 1 aromatic rings. The van der Waals surface area contributed by atoms with Crippen molar-refractivity contribution < 1.29 is 4.74 Å². The van der Waals surface area contributed by atoms with Crippen LogP contribution < -0.4 is 5.32 Å². The van der Waals surface area contributed by atoms with Crippen LogP contribution in [0.5, 0.6) is 0 Å². The third-order valence-electron chi connectivity index (χ3n) is 3.09. The van der Waals surface area contributed by atoms with Gasteiger partial charge in [0, 0.05) is 18.8 Å². The van der Waals surface area contributed by atoms with Crippen LogP contribution in [0.25, 0.3) is 0 Å². The van der Waals surface area contributed by atoms with E-state index in [2.05, 4.69) is 26.2 Å². The van der Waals surface area contributed by atoms with Gasteiger partial charge in [-0.15, -0.1) is 0 Å². The second-order valence-corrected chi connectivity index (χ2v) is 5.64. The molecule has 0 aromatic carbocycles. The molecule has 1 saturated carbocycles. The molecule has 0 amide bonds. The maximum Gasteiger partial charge on any atom is 0.286 e. The zero-order valence-corrected chi connectivity index (χ0v) is 12.0. The molecule has 2 atom stereocenters. The van der Waals surface area contributed by atoms with E-state index in [9.17, 15) is 0 Å². The topological polar surface area (TPSA) is 57.9 Å². The van der Waals surface area contributed by atoms with Crippen molar-refractivity contribution in [1.29, 1.82) is 5.26 Å². The Labute approximate surface area is 119 Å². The van der Waals surface area contributed by atoms with Gasteiger partial charge in [0.25, 0.3) is 6.26 Å². The van der Waals surface area contributed by atoms with Gasteiger partial charge >= 0.3 is 0 Å². The molecule has 0 bridgehead atoms. The summed E-state index contributed by atoms with van der Waals surface area (Å²) in [5.41, 5.74) is 0. The molecule has 1 aliphatic carbocycles. The molecular formula is C12H13BrClN3O. The SMILES string of the molecule is N#COC1CCC(CNc2cc(Cl)c(Br)cn2)C1. The Morgan fingerprint density at radius 1 is 1.61 bits per heavy atom. The number of nitriles is 1. The van der Waals surface area contributed by atoms with Crippen molar-refractivity contribution in [2.75, 3.05) is 11.9 Å². The summed E-state index contributed by atoms with van der Waals surface area (Å²) in [6, 6.07) is 1.80. The monoisotopic (exact) mass is 329 g/mol. The molecular weight excluding hydrogens is 318 g/mol. The quantitative estimate of drug-likeness (QED) is 0.857. The summed E-state index contributed by atoms with van der Waals surface area (Å²) >= 11 is 9.29. The Balaban J connectivity index is 1.82. The second-order valence-electron chi connectivity index (χ2n) is 4.37. The number of hydrogen-bond donors (Lipinski definition) is 1. The van der Waals surface area contributed by atoms with E-state index in [4.69, 9.17) is 21.6 Å². The van der Waals surface area contributed by atoms with Crippen LogP contribution >= 0.6 is 27.5 Å². The lowest BCUT2D eigenvalue weighted by atomic mass is 10.1. The third kappa shape index (κ3) is 3.50. The molecule has 2 rings (SSSR count). The van der Waals surface area contributed by atoms with Crippen LogP contribution in [-0.4, -0.2) is 17.6 Å². The average molecular weight is 331 g/mol. The first-order valence-corrected chi connectivity index (χ1v) is 6.95. The van der Waals surface area contributed by atoms with E-state index < -0.39 is 0 Å². The fourth-order valence-electron chi connectivity index (χ4n) is 2.16. The van der Waals surface area contributed by atoms with Gasteiger partial charge in [0.1, 0.15) is 11.9 Å². The standard InChI is InChI=1S/C12H13BrClN3O/c13-10-6-17-12(4-11(10)14)16-5-8-1-2-9(3-8)18-7-15/h4,6,8-9H,1-3,5H2,(H,16,17). The van der Waals surface area contributed by atoms with Crippen molar-refractivity contribution in [3.05, 3.63) is 21.8 Å². The Bertz CT molecular complexity index is 463. The molecule has 0 radical (unpaired) electrons. The Morgan fingerprint density at radius 3 is 3.17 bits per heavy atom. The van der Waals surface area contributed by atoms with Gasteiger partial charge in [-0.1, -0.05) is 11.6 Å². The van der Waals surface area contributed by atoms with Gasteiger partial charge in [0.05, 0.1) is 9.50 Å². The molecule has 1 aliphatic rings. The first kappa shape index (κ1) is 13.4. The number of aromatic nitrogens is 1. The van der Waals surface area contributed by atoms with Crippen molar-refractivity contribution in [3.8, 4) is 6.26 Å². The van der Waals surface area contributed by atoms with E-state index in [0.29, 0.717) is 10.9 Å². The van der Waals surface area contributed by atoms with Crippen molar-refractivity contribution in [2.24, 2.45) is 5.92 Å². The summed E-state index contributed by atoms with van der Waals surface area (Å²) in [4.78, 5) is 4.23. The molecule has 0 saturated heterocycles. The van der Waals surface area contributed by atoms with Crippen molar-refractivity contribution in [1.82, 2.24) is 4.98 Å². The summed E-state index contributed by atoms with van der Waals surface area (Å²) < 4.78 is 5.74. The molecule has 0 spiro atoms. The summed E-state index contributed by atoms with van der Waals surface area (Å²) in [5, 5.41) is 12.4. The number of anilines is 1. The molecule has 4 nitrogen and oxygen atoms in total. The maximum absolute atomic E-state index is 8.46. The fourth-order valence-corrected chi connectivity index (χ4v) is 2.52. The van der Waals surface area contributed by atoms with Crippen LogP contribution in [0.3, 0.4) is 0 Å². The predicted octanol–water partition coefficient (Wildman–Crippen LogP) is 3.58. The van der Waals surface area contributed by atoms with Crippen molar-refractivity contribution in [3.63, 3.8) is 0 Å². The fraction of sp³-hybridized carbons (Fsp3) is 0.500. The van der Waals surface area contributed by atoms with Gasteiger partial charge in [0.15, 0.2) is 0 Å². The number of nitrogens with one attached hydrogen (secondary N) is 1. The Morgan fingerprint density at radius 2 is 2.44 bits per heavy atom. The largest absolute Gasteiger partial charge is 0.424 e. The van der Waals surface area contributed by atoms with E-state index in [1.54, 1.807) is 18.5 Å². The zero-order chi connectivity index (χ0) is 13.0. The van der Waals surface area contributed by atoms with Gasteiger partial charge in [-0.2, -0.15) is 5.26 Å². The minimum absolute atomic E-state index is 0.0864. The molecule has 2 unspecified atom stereocenters. The van der Waals surface area contributed by atoms with E-state index in [-0.39, 0.29) is 6.10 Å². The Hall–Kier alpha value is -0.990. The summed E-state index contributed by atoms with van der Waals surface area (Å²) in [6.07, 6.45) is 6.48. The highest BCUT2D eigenvalue weighted by Gasteiger charge is 2.25. The summed E-state index contributed by atoms with van der Waals surface area (Å²) in [7, 11) is 0. The van der Waals surface area contributed by atoms with Crippen LogP contribution in [0.4, 0.5) is 5.82 Å². The normalized spacial score (nSPS) is 22.5. The Kier molecular flexibility index (Phi) is 4.67. The molecule has 1 aromatic heterocycles. The van der Waals surface area contributed by atoms with E-state index in [1.165, 1.54) is 0 Å². The maximum atomic E-state index is 8.46. The van der Waals surface area contributed by atoms with Gasteiger partial charge < -0.3 is 10.1 Å². The van der Waals surface area contributed by atoms with E-state index >= 15 is 0 Å². The summed E-state index contributed by atoms with van der Waals surface area (Å²) in [5.74, 6) is 1.29. The first-order chi connectivity index (χ1) is 8.69. The number of hydrogen-bond acceptors (Lipinski definition) is 4. The van der Waals surface area contributed by atoms with Crippen molar-refractivity contribution >= 4 is 33.3 Å².